The maximum Gasteiger partial charge on any atom is 0.251 e. The van der Waals surface area contributed by atoms with Crippen LogP contribution in [0.15, 0.2) is 18.2 Å². The highest BCUT2D eigenvalue weighted by molar-refractivity contribution is 7.27. The number of hydrogen-bond donors (Lipinski definition) is 1. The standard InChI is InChI=1S/C13H21N2OP/c1-10-5-6-11(9-12(10)17)13(16)14-7-4-8-15(2)3/h5-6,9H,4,7-8,17H2,1-3H3,(H,14,16). The zero-order valence-electron chi connectivity index (χ0n) is 10.8. The predicted octanol–water partition coefficient (Wildman–Crippen LogP) is 1.18. The number of aryl methyl sites for hydroxylation is 1. The number of amides is 1. The number of rotatable bonds is 5. The molecule has 0 spiro atoms. The Kier molecular flexibility index (Phi) is 5.60. The molecule has 0 saturated carbocycles. The van der Waals surface area contributed by atoms with E-state index in [2.05, 4.69) is 19.5 Å². The molecule has 1 rings (SSSR count). The normalized spacial score (nSPS) is 10.6. The largest absolute Gasteiger partial charge is 0.352 e. The summed E-state index contributed by atoms with van der Waals surface area (Å²) < 4.78 is 0. The van der Waals surface area contributed by atoms with Crippen molar-refractivity contribution in [3.05, 3.63) is 29.3 Å². The zero-order chi connectivity index (χ0) is 12.8. The van der Waals surface area contributed by atoms with E-state index in [1.54, 1.807) is 0 Å². The summed E-state index contributed by atoms with van der Waals surface area (Å²) in [6, 6.07) is 5.74. The van der Waals surface area contributed by atoms with Gasteiger partial charge in [0.25, 0.3) is 5.91 Å². The number of carbonyl (C=O) groups excluding carboxylic acids is 1. The molecule has 1 amide bonds. The van der Waals surface area contributed by atoms with Crippen LogP contribution in [-0.2, 0) is 0 Å². The Labute approximate surface area is 106 Å². The van der Waals surface area contributed by atoms with Crippen LogP contribution < -0.4 is 10.6 Å². The molecule has 1 aromatic carbocycles. The molecule has 0 aliphatic heterocycles. The summed E-state index contributed by atoms with van der Waals surface area (Å²) in [4.78, 5) is 13.9. The minimum absolute atomic E-state index is 0.00690. The monoisotopic (exact) mass is 252 g/mol. The molecule has 4 heteroatoms. The topological polar surface area (TPSA) is 32.3 Å². The summed E-state index contributed by atoms with van der Waals surface area (Å²) in [5, 5.41) is 4.00. The third-order valence-electron chi connectivity index (χ3n) is 2.61. The van der Waals surface area contributed by atoms with Gasteiger partial charge in [0.05, 0.1) is 0 Å². The van der Waals surface area contributed by atoms with Crippen LogP contribution in [0.4, 0.5) is 0 Å². The molecule has 0 saturated heterocycles. The Bertz CT molecular complexity index is 391. The van der Waals surface area contributed by atoms with Crippen molar-refractivity contribution in [2.45, 2.75) is 13.3 Å². The van der Waals surface area contributed by atoms with Gasteiger partial charge in [-0.2, -0.15) is 0 Å². The van der Waals surface area contributed by atoms with E-state index < -0.39 is 0 Å². The van der Waals surface area contributed by atoms with Gasteiger partial charge in [-0.1, -0.05) is 6.07 Å². The lowest BCUT2D eigenvalue weighted by Gasteiger charge is -2.10. The lowest BCUT2D eigenvalue weighted by Crippen LogP contribution is -2.27. The third kappa shape index (κ3) is 4.84. The molecule has 1 atom stereocenters. The van der Waals surface area contributed by atoms with Crippen LogP contribution in [0.1, 0.15) is 22.3 Å². The van der Waals surface area contributed by atoms with E-state index in [9.17, 15) is 4.79 Å². The highest BCUT2D eigenvalue weighted by atomic mass is 31.0. The summed E-state index contributed by atoms with van der Waals surface area (Å²) in [5.74, 6) is 0.00690. The van der Waals surface area contributed by atoms with Crippen molar-refractivity contribution < 1.29 is 4.79 Å². The summed E-state index contributed by atoms with van der Waals surface area (Å²) in [5.41, 5.74) is 1.91. The predicted molar refractivity (Wildman–Crippen MR) is 76.0 cm³/mol. The molecule has 1 unspecified atom stereocenters. The van der Waals surface area contributed by atoms with Crippen molar-refractivity contribution in [1.29, 1.82) is 0 Å². The van der Waals surface area contributed by atoms with E-state index in [1.165, 1.54) is 5.56 Å². The van der Waals surface area contributed by atoms with Crippen molar-refractivity contribution in [1.82, 2.24) is 10.2 Å². The van der Waals surface area contributed by atoms with Crippen molar-refractivity contribution in [2.24, 2.45) is 0 Å². The van der Waals surface area contributed by atoms with Gasteiger partial charge in [-0.15, -0.1) is 9.24 Å². The number of carbonyl (C=O) groups is 1. The second-order valence-corrected chi connectivity index (χ2v) is 5.11. The first-order valence-corrected chi connectivity index (χ1v) is 6.37. The molecule has 0 aliphatic rings. The molecule has 0 aromatic heterocycles. The first-order valence-electron chi connectivity index (χ1n) is 5.80. The van der Waals surface area contributed by atoms with Crippen molar-refractivity contribution in [3.63, 3.8) is 0 Å². The van der Waals surface area contributed by atoms with E-state index in [1.807, 2.05) is 39.2 Å². The molecule has 0 radical (unpaired) electrons. The van der Waals surface area contributed by atoms with E-state index in [4.69, 9.17) is 0 Å². The molecule has 0 fully saturated rings. The lowest BCUT2D eigenvalue weighted by atomic mass is 10.1. The van der Waals surface area contributed by atoms with Crippen LogP contribution in [-0.4, -0.2) is 38.0 Å². The van der Waals surface area contributed by atoms with Gasteiger partial charge in [0.2, 0.25) is 0 Å². The van der Waals surface area contributed by atoms with Crippen LogP contribution in [0, 0.1) is 6.92 Å². The number of hydrogen-bond acceptors (Lipinski definition) is 2. The Morgan fingerprint density at radius 2 is 2.12 bits per heavy atom. The van der Waals surface area contributed by atoms with Crippen molar-refractivity contribution in [3.8, 4) is 0 Å². The Hall–Kier alpha value is -0.920. The third-order valence-corrected chi connectivity index (χ3v) is 3.23. The second kappa shape index (κ2) is 6.73. The molecule has 17 heavy (non-hydrogen) atoms. The molecule has 0 heterocycles. The number of benzene rings is 1. The van der Waals surface area contributed by atoms with E-state index >= 15 is 0 Å². The maximum absolute atomic E-state index is 11.8. The average molecular weight is 252 g/mol. The Morgan fingerprint density at radius 3 is 2.71 bits per heavy atom. The fraction of sp³-hybridized carbons (Fsp3) is 0.462. The van der Waals surface area contributed by atoms with Gasteiger partial charge in [0.15, 0.2) is 0 Å². The molecular weight excluding hydrogens is 231 g/mol. The summed E-state index contributed by atoms with van der Waals surface area (Å²) in [7, 11) is 6.71. The van der Waals surface area contributed by atoms with Crippen molar-refractivity contribution >= 4 is 20.5 Å². The molecule has 94 valence electrons. The average Bonchev–Trinajstić information content (AvgIpc) is 2.27. The van der Waals surface area contributed by atoms with Gasteiger partial charge in [-0.3, -0.25) is 4.79 Å². The van der Waals surface area contributed by atoms with Crippen LogP contribution in [0.2, 0.25) is 0 Å². The summed E-state index contributed by atoms with van der Waals surface area (Å²) >= 11 is 0. The first kappa shape index (κ1) is 14.1. The SMILES string of the molecule is Cc1ccc(C(=O)NCCCN(C)C)cc1P. The van der Waals surface area contributed by atoms with Crippen LogP contribution in [0.3, 0.4) is 0 Å². The maximum atomic E-state index is 11.8. The number of nitrogens with zero attached hydrogens (tertiary/aromatic N) is 1. The smallest absolute Gasteiger partial charge is 0.251 e. The highest BCUT2D eigenvalue weighted by Gasteiger charge is 2.05. The van der Waals surface area contributed by atoms with E-state index in [0.29, 0.717) is 0 Å². The first-order chi connectivity index (χ1) is 8.00. The van der Waals surface area contributed by atoms with Gasteiger partial charge < -0.3 is 10.2 Å². The van der Waals surface area contributed by atoms with Gasteiger partial charge >= 0.3 is 0 Å². The van der Waals surface area contributed by atoms with Gasteiger partial charge in [0.1, 0.15) is 0 Å². The molecule has 0 aliphatic carbocycles. The molecule has 3 nitrogen and oxygen atoms in total. The molecule has 0 bridgehead atoms. The zero-order valence-corrected chi connectivity index (χ0v) is 11.9. The van der Waals surface area contributed by atoms with Gasteiger partial charge in [0, 0.05) is 12.1 Å². The fourth-order valence-corrected chi connectivity index (χ4v) is 1.76. The summed E-state index contributed by atoms with van der Waals surface area (Å²) in [6.45, 7) is 3.74. The molecular formula is C13H21N2OP. The summed E-state index contributed by atoms with van der Waals surface area (Å²) in [6.07, 6.45) is 0.971. The minimum atomic E-state index is 0.00690. The highest BCUT2D eigenvalue weighted by Crippen LogP contribution is 2.04. The molecule has 1 aromatic rings. The number of nitrogens with one attached hydrogen (secondary N) is 1. The van der Waals surface area contributed by atoms with Crippen LogP contribution in [0.5, 0.6) is 0 Å². The van der Waals surface area contributed by atoms with Crippen LogP contribution in [0.25, 0.3) is 0 Å². The minimum Gasteiger partial charge on any atom is -0.352 e. The van der Waals surface area contributed by atoms with Gasteiger partial charge in [-0.05, 0) is 57.0 Å². The Morgan fingerprint density at radius 1 is 1.41 bits per heavy atom. The lowest BCUT2D eigenvalue weighted by molar-refractivity contribution is 0.0952. The fourth-order valence-electron chi connectivity index (χ4n) is 1.48. The van der Waals surface area contributed by atoms with E-state index in [-0.39, 0.29) is 5.91 Å². The Balaban J connectivity index is 2.44. The second-order valence-electron chi connectivity index (χ2n) is 4.48. The molecule has 1 N–H and O–H groups in total. The van der Waals surface area contributed by atoms with Crippen LogP contribution >= 0.6 is 9.24 Å². The van der Waals surface area contributed by atoms with Crippen molar-refractivity contribution in [2.75, 3.05) is 27.2 Å². The van der Waals surface area contributed by atoms with E-state index in [0.717, 1.165) is 30.4 Å². The van der Waals surface area contributed by atoms with Gasteiger partial charge in [-0.25, -0.2) is 0 Å². The quantitative estimate of drug-likeness (QED) is 0.630.